The highest BCUT2D eigenvalue weighted by molar-refractivity contribution is 6.05. The number of benzene rings is 1. The van der Waals surface area contributed by atoms with Crippen LogP contribution in [0, 0.1) is 0 Å². The largest absolute Gasteiger partial charge is 0.382 e. The van der Waals surface area contributed by atoms with Crippen molar-refractivity contribution in [2.24, 2.45) is 0 Å². The molecule has 1 aliphatic heterocycles. The van der Waals surface area contributed by atoms with Gasteiger partial charge in [0.2, 0.25) is 0 Å². The molecule has 6 nitrogen and oxygen atoms in total. The third-order valence-electron chi connectivity index (χ3n) is 3.63. The van der Waals surface area contributed by atoms with Crippen molar-refractivity contribution in [1.29, 1.82) is 0 Å². The van der Waals surface area contributed by atoms with Gasteiger partial charge in [-0.05, 0) is 36.6 Å². The lowest BCUT2D eigenvalue weighted by Gasteiger charge is -2.27. The van der Waals surface area contributed by atoms with Gasteiger partial charge in [-0.25, -0.2) is 9.97 Å². The first-order valence-electron chi connectivity index (χ1n) is 6.87. The number of rotatable bonds is 2. The average Bonchev–Trinajstić information content (AvgIpc) is 2.48. The molecule has 0 bridgehead atoms. The summed E-state index contributed by atoms with van der Waals surface area (Å²) in [6.07, 6.45) is 5.06. The number of carbonyl (C=O) groups excluding carboxylic acids is 1. The van der Waals surface area contributed by atoms with E-state index in [1.54, 1.807) is 0 Å². The van der Waals surface area contributed by atoms with Crippen LogP contribution in [0.3, 0.4) is 0 Å². The Morgan fingerprint density at radius 3 is 2.95 bits per heavy atom. The molecule has 0 aliphatic carbocycles. The number of nitrogens with zero attached hydrogens (tertiary/aromatic N) is 3. The molecule has 21 heavy (non-hydrogen) atoms. The maximum absolute atomic E-state index is 12.2. The zero-order chi connectivity index (χ0) is 14.8. The molecule has 0 spiro atoms. The van der Waals surface area contributed by atoms with E-state index in [0.717, 1.165) is 25.1 Å². The summed E-state index contributed by atoms with van der Waals surface area (Å²) in [5.74, 6) is -0.211. The monoisotopic (exact) mass is 283 g/mol. The molecule has 0 saturated heterocycles. The summed E-state index contributed by atoms with van der Waals surface area (Å²) >= 11 is 0. The van der Waals surface area contributed by atoms with Crippen LogP contribution < -0.4 is 16.0 Å². The number of fused-ring (bicyclic) bond motifs is 1. The molecule has 108 valence electrons. The first-order chi connectivity index (χ1) is 10.1. The van der Waals surface area contributed by atoms with E-state index in [1.807, 2.05) is 18.2 Å². The second-order valence-corrected chi connectivity index (χ2v) is 5.11. The highest BCUT2D eigenvalue weighted by Crippen LogP contribution is 2.28. The molecule has 2 aromatic rings. The first-order valence-corrected chi connectivity index (χ1v) is 6.87. The van der Waals surface area contributed by atoms with Crippen molar-refractivity contribution in [2.45, 2.75) is 12.8 Å². The molecule has 2 heterocycles. The minimum Gasteiger partial charge on any atom is -0.382 e. The molecule has 1 aromatic heterocycles. The molecule has 0 atom stereocenters. The number of nitrogen functional groups attached to an aromatic ring is 1. The van der Waals surface area contributed by atoms with E-state index in [1.165, 1.54) is 23.6 Å². The van der Waals surface area contributed by atoms with Crippen molar-refractivity contribution in [3.8, 4) is 0 Å². The number of nitrogens with two attached hydrogens (primary N) is 1. The van der Waals surface area contributed by atoms with Gasteiger partial charge in [0, 0.05) is 37.4 Å². The second kappa shape index (κ2) is 5.40. The minimum atomic E-state index is -0.343. The molecule has 1 aliphatic rings. The van der Waals surface area contributed by atoms with Gasteiger partial charge in [0.15, 0.2) is 11.5 Å². The predicted octanol–water partition coefficient (Wildman–Crippen LogP) is 1.69. The molecule has 3 N–H and O–H groups in total. The van der Waals surface area contributed by atoms with Crippen LogP contribution in [0.1, 0.15) is 22.5 Å². The number of hydrogen-bond donors (Lipinski definition) is 2. The lowest BCUT2D eigenvalue weighted by molar-refractivity contribution is 0.102. The molecule has 1 amide bonds. The predicted molar refractivity (Wildman–Crippen MR) is 82.4 cm³/mol. The molecule has 6 heteroatoms. The van der Waals surface area contributed by atoms with Crippen LogP contribution in [0.4, 0.5) is 17.2 Å². The van der Waals surface area contributed by atoms with Crippen LogP contribution in [0.5, 0.6) is 0 Å². The molecule has 0 saturated carbocycles. The number of aromatic nitrogens is 2. The summed E-state index contributed by atoms with van der Waals surface area (Å²) in [4.78, 5) is 22.2. The maximum atomic E-state index is 12.2. The summed E-state index contributed by atoms with van der Waals surface area (Å²) in [5, 5.41) is 2.82. The number of amides is 1. The van der Waals surface area contributed by atoms with E-state index in [2.05, 4.69) is 27.2 Å². The topological polar surface area (TPSA) is 84.1 Å². The van der Waals surface area contributed by atoms with E-state index in [9.17, 15) is 4.79 Å². The third-order valence-corrected chi connectivity index (χ3v) is 3.63. The van der Waals surface area contributed by atoms with Crippen LogP contribution >= 0.6 is 0 Å². The number of anilines is 3. The molecular weight excluding hydrogens is 266 g/mol. The Labute approximate surface area is 123 Å². The van der Waals surface area contributed by atoms with E-state index in [0.29, 0.717) is 0 Å². The van der Waals surface area contributed by atoms with Crippen LogP contribution in [0.2, 0.25) is 0 Å². The zero-order valence-corrected chi connectivity index (χ0v) is 11.8. The quantitative estimate of drug-likeness (QED) is 0.876. The summed E-state index contributed by atoms with van der Waals surface area (Å²) in [6.45, 7) is 1.06. The summed E-state index contributed by atoms with van der Waals surface area (Å²) in [6, 6.07) is 5.94. The number of nitrogens with one attached hydrogen (secondary N) is 1. The number of aryl methyl sites for hydroxylation is 1. The Bertz CT molecular complexity index is 686. The highest BCUT2D eigenvalue weighted by Gasteiger charge is 2.16. The van der Waals surface area contributed by atoms with Gasteiger partial charge in [0.05, 0.1) is 0 Å². The standard InChI is InChI=1S/C15H17N5O/c1-20-8-2-3-10-9-11(4-5-12(10)20)19-15(21)13-14(16)18-7-6-17-13/h4-7,9H,2-3,8H2,1H3,(H2,16,18)(H,19,21). The molecule has 0 fully saturated rings. The molecular formula is C15H17N5O. The summed E-state index contributed by atoms with van der Waals surface area (Å²) < 4.78 is 0. The third kappa shape index (κ3) is 2.65. The Morgan fingerprint density at radius 1 is 1.33 bits per heavy atom. The van der Waals surface area contributed by atoms with Crippen molar-refractivity contribution >= 4 is 23.1 Å². The second-order valence-electron chi connectivity index (χ2n) is 5.11. The van der Waals surface area contributed by atoms with E-state index in [4.69, 9.17) is 5.73 Å². The fraction of sp³-hybridized carbons (Fsp3) is 0.267. The summed E-state index contributed by atoms with van der Waals surface area (Å²) in [7, 11) is 2.08. The lowest BCUT2D eigenvalue weighted by atomic mass is 10.0. The Morgan fingerprint density at radius 2 is 2.14 bits per heavy atom. The van der Waals surface area contributed by atoms with Gasteiger partial charge in [0.1, 0.15) is 0 Å². The molecule has 1 aromatic carbocycles. The molecule has 0 radical (unpaired) electrons. The number of hydrogen-bond acceptors (Lipinski definition) is 5. The van der Waals surface area contributed by atoms with Crippen molar-refractivity contribution < 1.29 is 4.79 Å². The average molecular weight is 283 g/mol. The Kier molecular flexibility index (Phi) is 3.43. The first kappa shape index (κ1) is 13.4. The minimum absolute atomic E-state index is 0.132. The SMILES string of the molecule is CN1CCCc2cc(NC(=O)c3nccnc3N)ccc21. The normalized spacial score (nSPS) is 13.7. The van der Waals surface area contributed by atoms with Crippen LogP contribution in [0.15, 0.2) is 30.6 Å². The van der Waals surface area contributed by atoms with Gasteiger partial charge in [-0.3, -0.25) is 4.79 Å². The highest BCUT2D eigenvalue weighted by atomic mass is 16.1. The molecule has 3 rings (SSSR count). The van der Waals surface area contributed by atoms with Crippen molar-refractivity contribution in [3.05, 3.63) is 41.9 Å². The zero-order valence-electron chi connectivity index (χ0n) is 11.8. The van der Waals surface area contributed by atoms with E-state index in [-0.39, 0.29) is 17.4 Å². The van der Waals surface area contributed by atoms with Crippen LogP contribution in [-0.2, 0) is 6.42 Å². The van der Waals surface area contributed by atoms with Crippen molar-refractivity contribution in [3.63, 3.8) is 0 Å². The fourth-order valence-electron chi connectivity index (χ4n) is 2.58. The number of carbonyl (C=O) groups is 1. The smallest absolute Gasteiger partial charge is 0.278 e. The fourth-order valence-corrected chi connectivity index (χ4v) is 2.58. The van der Waals surface area contributed by atoms with Crippen molar-refractivity contribution in [2.75, 3.05) is 29.5 Å². The Hall–Kier alpha value is -2.63. The summed E-state index contributed by atoms with van der Waals surface area (Å²) in [5.41, 5.74) is 9.02. The lowest BCUT2D eigenvalue weighted by Crippen LogP contribution is -2.24. The van der Waals surface area contributed by atoms with Crippen LogP contribution in [0.25, 0.3) is 0 Å². The Balaban J connectivity index is 1.83. The van der Waals surface area contributed by atoms with E-state index >= 15 is 0 Å². The van der Waals surface area contributed by atoms with Gasteiger partial charge < -0.3 is 16.0 Å². The maximum Gasteiger partial charge on any atom is 0.278 e. The van der Waals surface area contributed by atoms with Crippen LogP contribution in [-0.4, -0.2) is 29.5 Å². The van der Waals surface area contributed by atoms with Gasteiger partial charge >= 0.3 is 0 Å². The molecule has 0 unspecified atom stereocenters. The van der Waals surface area contributed by atoms with Gasteiger partial charge in [0.25, 0.3) is 5.91 Å². The van der Waals surface area contributed by atoms with Gasteiger partial charge in [-0.15, -0.1) is 0 Å². The van der Waals surface area contributed by atoms with Gasteiger partial charge in [-0.2, -0.15) is 0 Å². The van der Waals surface area contributed by atoms with Gasteiger partial charge in [-0.1, -0.05) is 0 Å². The van der Waals surface area contributed by atoms with Crippen molar-refractivity contribution in [1.82, 2.24) is 9.97 Å². The van der Waals surface area contributed by atoms with E-state index < -0.39 is 0 Å².